The summed E-state index contributed by atoms with van der Waals surface area (Å²) in [6, 6.07) is 17.1. The minimum Gasteiger partial charge on any atom is -0.313 e. The van der Waals surface area contributed by atoms with Crippen molar-refractivity contribution in [3.8, 4) is 0 Å². The van der Waals surface area contributed by atoms with Crippen molar-refractivity contribution in [2.24, 2.45) is 0 Å². The topological polar surface area (TPSA) is 12.0 Å². The van der Waals surface area contributed by atoms with Gasteiger partial charge in [-0.05, 0) is 37.2 Å². The quantitative estimate of drug-likeness (QED) is 0.785. The van der Waals surface area contributed by atoms with Gasteiger partial charge in [0.15, 0.2) is 0 Å². The molecule has 0 aliphatic carbocycles. The van der Waals surface area contributed by atoms with Crippen LogP contribution >= 0.6 is 23.4 Å². The van der Waals surface area contributed by atoms with E-state index in [1.807, 2.05) is 13.1 Å². The second-order valence-electron chi connectivity index (χ2n) is 4.47. The van der Waals surface area contributed by atoms with Crippen molar-refractivity contribution >= 4 is 23.4 Å². The number of hydrogen-bond donors (Lipinski definition) is 1. The highest BCUT2D eigenvalue weighted by molar-refractivity contribution is 7.98. The van der Waals surface area contributed by atoms with Gasteiger partial charge in [0.2, 0.25) is 0 Å². The average Bonchev–Trinajstić information content (AvgIpc) is 2.46. The van der Waals surface area contributed by atoms with Gasteiger partial charge in [0.1, 0.15) is 0 Å². The van der Waals surface area contributed by atoms with Gasteiger partial charge >= 0.3 is 0 Å². The van der Waals surface area contributed by atoms with Gasteiger partial charge in [-0.3, -0.25) is 0 Å². The van der Waals surface area contributed by atoms with Crippen molar-refractivity contribution in [1.29, 1.82) is 0 Å². The number of thioether (sulfide) groups is 1. The fraction of sp³-hybridized carbons (Fsp3) is 0.250. The Morgan fingerprint density at radius 3 is 2.53 bits per heavy atom. The fourth-order valence-electron chi connectivity index (χ4n) is 1.81. The molecule has 100 valence electrons. The molecule has 0 heterocycles. The van der Waals surface area contributed by atoms with Crippen molar-refractivity contribution in [2.75, 3.05) is 7.05 Å². The molecule has 2 rings (SSSR count). The van der Waals surface area contributed by atoms with Crippen LogP contribution in [-0.4, -0.2) is 7.05 Å². The summed E-state index contributed by atoms with van der Waals surface area (Å²) in [7, 11) is 1.95. The van der Waals surface area contributed by atoms with E-state index in [1.165, 1.54) is 11.1 Å². The van der Waals surface area contributed by atoms with Gasteiger partial charge in [-0.2, -0.15) is 0 Å². The van der Waals surface area contributed by atoms with Gasteiger partial charge in [-0.25, -0.2) is 0 Å². The molecular weight excluding hydrogens is 274 g/mol. The highest BCUT2D eigenvalue weighted by Crippen LogP contribution is 2.31. The van der Waals surface area contributed by atoms with Gasteiger partial charge in [-0.1, -0.05) is 48.0 Å². The third-order valence-electron chi connectivity index (χ3n) is 3.13. The lowest BCUT2D eigenvalue weighted by molar-refractivity contribution is 0.652. The normalized spacial score (nSPS) is 12.4. The highest BCUT2D eigenvalue weighted by atomic mass is 35.5. The van der Waals surface area contributed by atoms with E-state index >= 15 is 0 Å². The number of halogens is 1. The summed E-state index contributed by atoms with van der Waals surface area (Å²) >= 11 is 8.12. The lowest BCUT2D eigenvalue weighted by Crippen LogP contribution is -2.12. The molecule has 0 aliphatic heterocycles. The van der Waals surface area contributed by atoms with Crippen molar-refractivity contribution < 1.29 is 0 Å². The van der Waals surface area contributed by atoms with Gasteiger partial charge in [0, 0.05) is 16.7 Å². The van der Waals surface area contributed by atoms with Crippen LogP contribution in [-0.2, 0) is 5.75 Å². The zero-order valence-corrected chi connectivity index (χ0v) is 12.8. The van der Waals surface area contributed by atoms with E-state index in [0.29, 0.717) is 6.04 Å². The first kappa shape index (κ1) is 14.4. The third kappa shape index (κ3) is 4.00. The van der Waals surface area contributed by atoms with Crippen LogP contribution in [0.4, 0.5) is 0 Å². The Labute approximate surface area is 124 Å². The van der Waals surface area contributed by atoms with Crippen LogP contribution in [0.1, 0.15) is 24.1 Å². The summed E-state index contributed by atoms with van der Waals surface area (Å²) < 4.78 is 0. The summed E-state index contributed by atoms with van der Waals surface area (Å²) in [6.07, 6.45) is 0. The molecule has 2 aromatic rings. The van der Waals surface area contributed by atoms with Crippen LogP contribution in [0, 0.1) is 0 Å². The van der Waals surface area contributed by atoms with Gasteiger partial charge in [0.25, 0.3) is 0 Å². The largest absolute Gasteiger partial charge is 0.313 e. The van der Waals surface area contributed by atoms with E-state index in [-0.39, 0.29) is 0 Å². The Hall–Kier alpha value is -0.960. The van der Waals surface area contributed by atoms with Crippen LogP contribution in [0.2, 0.25) is 5.02 Å². The number of hydrogen-bond acceptors (Lipinski definition) is 2. The molecule has 0 amide bonds. The molecule has 0 bridgehead atoms. The van der Waals surface area contributed by atoms with Gasteiger partial charge < -0.3 is 5.32 Å². The van der Waals surface area contributed by atoms with Crippen LogP contribution in [0.3, 0.4) is 0 Å². The summed E-state index contributed by atoms with van der Waals surface area (Å²) in [4.78, 5) is 1.14. The van der Waals surface area contributed by atoms with E-state index in [9.17, 15) is 0 Å². The van der Waals surface area contributed by atoms with Crippen molar-refractivity contribution in [3.05, 3.63) is 64.7 Å². The smallest absolute Gasteiger partial charge is 0.0545 e. The minimum absolute atomic E-state index is 0.325. The van der Waals surface area contributed by atoms with E-state index in [0.717, 1.165) is 15.7 Å². The number of benzene rings is 2. The summed E-state index contributed by atoms with van der Waals surface area (Å²) in [5, 5.41) is 4.05. The van der Waals surface area contributed by atoms with Crippen molar-refractivity contribution in [3.63, 3.8) is 0 Å². The van der Waals surface area contributed by atoms with E-state index in [1.54, 1.807) is 11.8 Å². The molecule has 2 aromatic carbocycles. The Morgan fingerprint density at radius 2 is 1.89 bits per heavy atom. The first-order valence-electron chi connectivity index (χ1n) is 6.34. The van der Waals surface area contributed by atoms with Crippen molar-refractivity contribution in [2.45, 2.75) is 23.6 Å². The molecule has 1 N–H and O–H groups in total. The maximum atomic E-state index is 6.35. The molecule has 0 saturated heterocycles. The predicted octanol–water partition coefficient (Wildman–Crippen LogP) is 4.91. The second kappa shape index (κ2) is 6.99. The molecule has 1 atom stereocenters. The Balaban J connectivity index is 2.05. The first-order chi connectivity index (χ1) is 9.20. The minimum atomic E-state index is 0.325. The number of nitrogens with one attached hydrogen (secondary N) is 1. The maximum absolute atomic E-state index is 6.35. The summed E-state index contributed by atoms with van der Waals surface area (Å²) in [6.45, 7) is 2.13. The summed E-state index contributed by atoms with van der Waals surface area (Å²) in [5.41, 5.74) is 2.53. The van der Waals surface area contributed by atoms with Gasteiger partial charge in [0.05, 0.1) is 5.02 Å². The Bertz CT molecular complexity index is 528. The highest BCUT2D eigenvalue weighted by Gasteiger charge is 2.07. The third-order valence-corrected chi connectivity index (χ3v) is 4.70. The zero-order chi connectivity index (χ0) is 13.7. The molecule has 0 aliphatic rings. The molecule has 0 fully saturated rings. The Morgan fingerprint density at radius 1 is 1.16 bits per heavy atom. The molecule has 3 heteroatoms. The lowest BCUT2D eigenvalue weighted by atomic mass is 10.1. The van der Waals surface area contributed by atoms with Crippen LogP contribution in [0.25, 0.3) is 0 Å². The van der Waals surface area contributed by atoms with Gasteiger partial charge in [-0.15, -0.1) is 11.8 Å². The lowest BCUT2D eigenvalue weighted by Gasteiger charge is -2.12. The maximum Gasteiger partial charge on any atom is 0.0545 e. The monoisotopic (exact) mass is 291 g/mol. The predicted molar refractivity (Wildman–Crippen MR) is 84.9 cm³/mol. The standard InChI is InChI=1S/C16H18ClNS/c1-12(18-2)14-8-9-16(15(17)10-14)19-11-13-6-4-3-5-7-13/h3-10,12,18H,11H2,1-2H3. The molecule has 0 radical (unpaired) electrons. The molecule has 0 aromatic heterocycles. The average molecular weight is 292 g/mol. The molecule has 1 unspecified atom stereocenters. The second-order valence-corrected chi connectivity index (χ2v) is 5.90. The van der Waals surface area contributed by atoms with Crippen LogP contribution in [0.5, 0.6) is 0 Å². The SMILES string of the molecule is CNC(C)c1ccc(SCc2ccccc2)c(Cl)c1. The van der Waals surface area contributed by atoms with Crippen LogP contribution < -0.4 is 5.32 Å². The van der Waals surface area contributed by atoms with E-state index < -0.39 is 0 Å². The molecular formula is C16H18ClNS. The fourth-order valence-corrected chi connectivity index (χ4v) is 3.03. The Kier molecular flexibility index (Phi) is 5.32. The van der Waals surface area contributed by atoms with Crippen LogP contribution in [0.15, 0.2) is 53.4 Å². The van der Waals surface area contributed by atoms with E-state index in [4.69, 9.17) is 11.6 Å². The first-order valence-corrected chi connectivity index (χ1v) is 7.70. The molecule has 19 heavy (non-hydrogen) atoms. The molecule has 0 spiro atoms. The molecule has 0 saturated carbocycles. The van der Waals surface area contributed by atoms with Crippen molar-refractivity contribution in [1.82, 2.24) is 5.32 Å². The summed E-state index contributed by atoms with van der Waals surface area (Å²) in [5.74, 6) is 0.946. The number of rotatable bonds is 5. The zero-order valence-electron chi connectivity index (χ0n) is 11.2. The van der Waals surface area contributed by atoms with E-state index in [2.05, 4.69) is 54.7 Å². The molecule has 1 nitrogen and oxygen atoms in total.